The van der Waals surface area contributed by atoms with Crippen LogP contribution in [0.3, 0.4) is 0 Å². The number of carbonyl (C=O) groups excluding carboxylic acids is 1. The number of aryl methyl sites for hydroxylation is 1. The first-order chi connectivity index (χ1) is 12.4. The van der Waals surface area contributed by atoms with Crippen molar-refractivity contribution in [1.29, 1.82) is 0 Å². The minimum Gasteiger partial charge on any atom is -0.496 e. The second-order valence-corrected chi connectivity index (χ2v) is 8.56. The van der Waals surface area contributed by atoms with E-state index in [-0.39, 0.29) is 5.92 Å². The Hall–Kier alpha value is -1.55. The number of benzene rings is 1. The van der Waals surface area contributed by atoms with E-state index in [2.05, 4.69) is 34.9 Å². The monoisotopic (exact) mass is 358 g/mol. The Labute approximate surface area is 158 Å². The van der Waals surface area contributed by atoms with Gasteiger partial charge < -0.3 is 9.64 Å². The topological polar surface area (TPSA) is 32.8 Å². The second-order valence-electron chi connectivity index (χ2n) is 8.56. The van der Waals surface area contributed by atoms with Crippen molar-refractivity contribution in [1.82, 2.24) is 9.80 Å². The van der Waals surface area contributed by atoms with Crippen molar-refractivity contribution in [3.8, 4) is 5.75 Å². The molecule has 2 aliphatic heterocycles. The van der Waals surface area contributed by atoms with Crippen molar-refractivity contribution in [3.05, 3.63) is 29.3 Å². The molecule has 3 rings (SSSR count). The van der Waals surface area contributed by atoms with Crippen LogP contribution in [0.1, 0.15) is 50.7 Å². The molecule has 26 heavy (non-hydrogen) atoms. The van der Waals surface area contributed by atoms with E-state index in [1.54, 1.807) is 7.11 Å². The van der Waals surface area contributed by atoms with Gasteiger partial charge in [-0.2, -0.15) is 0 Å². The third kappa shape index (κ3) is 4.22. The Balaban J connectivity index is 1.50. The summed E-state index contributed by atoms with van der Waals surface area (Å²) in [5.74, 6) is 1.42. The Morgan fingerprint density at radius 3 is 2.27 bits per heavy atom. The Kier molecular flexibility index (Phi) is 5.91. The van der Waals surface area contributed by atoms with E-state index in [4.69, 9.17) is 4.74 Å². The summed E-state index contributed by atoms with van der Waals surface area (Å²) in [5.41, 5.74) is 3.05. The molecule has 2 heterocycles. The van der Waals surface area contributed by atoms with E-state index < -0.39 is 0 Å². The fourth-order valence-corrected chi connectivity index (χ4v) is 4.55. The minimum absolute atomic E-state index is 0.124. The highest BCUT2D eigenvalue weighted by Crippen LogP contribution is 2.41. The molecule has 1 aromatic carbocycles. The minimum atomic E-state index is 0.124. The number of nitrogens with zero attached hydrogens (tertiary/aromatic N) is 2. The smallest absolute Gasteiger partial charge is 0.225 e. The summed E-state index contributed by atoms with van der Waals surface area (Å²) >= 11 is 0. The van der Waals surface area contributed by atoms with Crippen LogP contribution in [0.15, 0.2) is 18.2 Å². The zero-order chi connectivity index (χ0) is 18.7. The number of likely N-dealkylation sites (tertiary alicyclic amines) is 2. The zero-order valence-electron chi connectivity index (χ0n) is 16.9. The summed E-state index contributed by atoms with van der Waals surface area (Å²) in [6.07, 6.45) is 4.90. The van der Waals surface area contributed by atoms with Crippen LogP contribution < -0.4 is 4.74 Å². The van der Waals surface area contributed by atoms with Crippen molar-refractivity contribution in [2.24, 2.45) is 11.3 Å². The summed E-state index contributed by atoms with van der Waals surface area (Å²) in [6, 6.07) is 6.52. The average molecular weight is 359 g/mol. The maximum atomic E-state index is 12.2. The predicted molar refractivity (Wildman–Crippen MR) is 105 cm³/mol. The van der Waals surface area contributed by atoms with E-state index in [0.29, 0.717) is 11.3 Å². The van der Waals surface area contributed by atoms with E-state index >= 15 is 0 Å². The molecule has 2 saturated heterocycles. The molecular formula is C22H34N2O2. The van der Waals surface area contributed by atoms with Gasteiger partial charge in [-0.05, 0) is 68.3 Å². The van der Waals surface area contributed by atoms with Gasteiger partial charge in [0.2, 0.25) is 5.91 Å². The lowest BCUT2D eigenvalue weighted by atomic mass is 9.71. The number of carbonyl (C=O) groups is 1. The molecule has 1 spiro atoms. The largest absolute Gasteiger partial charge is 0.496 e. The average Bonchev–Trinajstić information content (AvgIpc) is 2.64. The molecule has 0 radical (unpaired) electrons. The van der Waals surface area contributed by atoms with Crippen LogP contribution in [0.4, 0.5) is 0 Å². The van der Waals surface area contributed by atoms with Crippen LogP contribution in [-0.2, 0) is 11.3 Å². The SMILES string of the molecule is COc1ccc(CN2CCC3(CC2)CCN(C(=O)C(C)C)CC3)cc1C. The van der Waals surface area contributed by atoms with Gasteiger partial charge in [0.1, 0.15) is 5.75 Å². The highest BCUT2D eigenvalue weighted by Gasteiger charge is 2.38. The van der Waals surface area contributed by atoms with Gasteiger partial charge in [0, 0.05) is 25.6 Å². The van der Waals surface area contributed by atoms with E-state index in [0.717, 1.165) is 25.4 Å². The first-order valence-corrected chi connectivity index (χ1v) is 10.1. The van der Waals surface area contributed by atoms with Crippen molar-refractivity contribution in [2.45, 2.75) is 53.0 Å². The van der Waals surface area contributed by atoms with Crippen molar-refractivity contribution in [2.75, 3.05) is 33.3 Å². The third-order valence-electron chi connectivity index (χ3n) is 6.41. The Morgan fingerprint density at radius 1 is 1.12 bits per heavy atom. The summed E-state index contributed by atoms with van der Waals surface area (Å²) < 4.78 is 5.36. The lowest BCUT2D eigenvalue weighted by Gasteiger charge is -2.47. The van der Waals surface area contributed by atoms with E-state index in [1.807, 2.05) is 13.8 Å². The van der Waals surface area contributed by atoms with Crippen molar-refractivity contribution < 1.29 is 9.53 Å². The van der Waals surface area contributed by atoms with Crippen LogP contribution in [0.25, 0.3) is 0 Å². The maximum absolute atomic E-state index is 12.2. The molecule has 1 amide bonds. The van der Waals surface area contributed by atoms with Gasteiger partial charge in [0.25, 0.3) is 0 Å². The standard InChI is InChI=1S/C22H34N2O2/c1-17(2)21(25)24-13-9-22(10-14-24)7-11-23(12-8-22)16-19-5-6-20(26-4)18(3)15-19/h5-6,15,17H,7-14,16H2,1-4H3. The molecule has 0 saturated carbocycles. The molecule has 0 unspecified atom stereocenters. The van der Waals surface area contributed by atoms with Crippen LogP contribution in [0.2, 0.25) is 0 Å². The molecule has 1 aromatic rings. The first-order valence-electron chi connectivity index (χ1n) is 10.1. The summed E-state index contributed by atoms with van der Waals surface area (Å²) in [4.78, 5) is 16.9. The van der Waals surface area contributed by atoms with Gasteiger partial charge >= 0.3 is 0 Å². The van der Waals surface area contributed by atoms with Crippen LogP contribution in [0.5, 0.6) is 5.75 Å². The maximum Gasteiger partial charge on any atom is 0.225 e. The lowest BCUT2D eigenvalue weighted by Crippen LogP contribution is -2.48. The lowest BCUT2D eigenvalue weighted by molar-refractivity contribution is -0.137. The van der Waals surface area contributed by atoms with Crippen LogP contribution >= 0.6 is 0 Å². The van der Waals surface area contributed by atoms with Crippen LogP contribution in [-0.4, -0.2) is 49.0 Å². The molecule has 2 aliphatic rings. The molecular weight excluding hydrogens is 324 g/mol. The third-order valence-corrected chi connectivity index (χ3v) is 6.41. The quantitative estimate of drug-likeness (QED) is 0.819. The molecule has 0 bridgehead atoms. The number of hydrogen-bond donors (Lipinski definition) is 0. The number of methoxy groups -OCH3 is 1. The number of hydrogen-bond acceptors (Lipinski definition) is 3. The summed E-state index contributed by atoms with van der Waals surface area (Å²) in [7, 11) is 1.73. The van der Waals surface area contributed by atoms with Crippen LogP contribution in [0, 0.1) is 18.3 Å². The van der Waals surface area contributed by atoms with Crippen molar-refractivity contribution >= 4 is 5.91 Å². The highest BCUT2D eigenvalue weighted by atomic mass is 16.5. The highest BCUT2D eigenvalue weighted by molar-refractivity contribution is 5.78. The molecule has 4 nitrogen and oxygen atoms in total. The number of piperidine rings is 2. The number of amides is 1. The van der Waals surface area contributed by atoms with E-state index in [1.165, 1.54) is 49.9 Å². The second kappa shape index (κ2) is 7.99. The predicted octanol–water partition coefficient (Wildman–Crippen LogP) is 3.86. The number of rotatable bonds is 4. The van der Waals surface area contributed by atoms with Gasteiger partial charge in [0.05, 0.1) is 7.11 Å². The zero-order valence-corrected chi connectivity index (χ0v) is 16.9. The molecule has 4 heteroatoms. The normalized spacial score (nSPS) is 20.6. The molecule has 0 N–H and O–H groups in total. The van der Waals surface area contributed by atoms with E-state index in [9.17, 15) is 4.79 Å². The Morgan fingerprint density at radius 2 is 1.73 bits per heavy atom. The first kappa shape index (κ1) is 19.2. The fraction of sp³-hybridized carbons (Fsp3) is 0.682. The van der Waals surface area contributed by atoms with Gasteiger partial charge in [-0.3, -0.25) is 9.69 Å². The molecule has 0 aromatic heterocycles. The van der Waals surface area contributed by atoms with Gasteiger partial charge in [-0.1, -0.05) is 26.0 Å². The van der Waals surface area contributed by atoms with Gasteiger partial charge in [-0.15, -0.1) is 0 Å². The summed E-state index contributed by atoms with van der Waals surface area (Å²) in [5, 5.41) is 0. The molecule has 144 valence electrons. The fourth-order valence-electron chi connectivity index (χ4n) is 4.55. The summed E-state index contributed by atoms with van der Waals surface area (Å²) in [6.45, 7) is 11.4. The molecule has 0 atom stereocenters. The van der Waals surface area contributed by atoms with Gasteiger partial charge in [-0.25, -0.2) is 0 Å². The molecule has 0 aliphatic carbocycles. The molecule has 2 fully saturated rings. The van der Waals surface area contributed by atoms with Crippen molar-refractivity contribution in [3.63, 3.8) is 0 Å². The number of ether oxygens (including phenoxy) is 1. The van der Waals surface area contributed by atoms with Gasteiger partial charge in [0.15, 0.2) is 0 Å². The Bertz CT molecular complexity index is 623.